The van der Waals surface area contributed by atoms with Crippen LogP contribution >= 0.6 is 23.2 Å². The van der Waals surface area contributed by atoms with Gasteiger partial charge in [-0.3, -0.25) is 9.59 Å². The van der Waals surface area contributed by atoms with Crippen LogP contribution in [0.15, 0.2) is 72.8 Å². The summed E-state index contributed by atoms with van der Waals surface area (Å²) in [6, 6.07) is 20.1. The molecule has 0 bridgehead atoms. The molecule has 1 N–H and O–H groups in total. The van der Waals surface area contributed by atoms with Crippen LogP contribution in [0.1, 0.15) is 18.1 Å². The summed E-state index contributed by atoms with van der Waals surface area (Å²) < 4.78 is 5.80. The second-order valence-electron chi connectivity index (χ2n) is 7.34. The van der Waals surface area contributed by atoms with E-state index in [1.807, 2.05) is 30.3 Å². The lowest BCUT2D eigenvalue weighted by Gasteiger charge is -2.33. The van der Waals surface area contributed by atoms with Crippen molar-refractivity contribution in [3.8, 4) is 5.75 Å². The van der Waals surface area contributed by atoms with Crippen LogP contribution in [0.5, 0.6) is 5.75 Å². The molecule has 32 heavy (non-hydrogen) atoms. The number of nitrogens with zero attached hydrogens (tertiary/aromatic N) is 1. The third-order valence-electron chi connectivity index (χ3n) is 5.00. The molecule has 1 aliphatic rings. The first-order chi connectivity index (χ1) is 15.4. The molecule has 3 aromatic carbocycles. The fourth-order valence-electron chi connectivity index (χ4n) is 3.40. The van der Waals surface area contributed by atoms with E-state index in [4.69, 9.17) is 27.9 Å². The van der Waals surface area contributed by atoms with Gasteiger partial charge in [-0.15, -0.1) is 0 Å². The van der Waals surface area contributed by atoms with Crippen LogP contribution in [0.25, 0.3) is 6.08 Å². The first-order valence-corrected chi connectivity index (χ1v) is 10.8. The number of halogens is 2. The molecule has 0 aliphatic carbocycles. The first-order valence-electron chi connectivity index (χ1n) is 10.0. The molecular weight excluding hydrogens is 447 g/mol. The number of benzene rings is 3. The number of amides is 2. The second kappa shape index (κ2) is 9.47. The molecule has 7 heteroatoms. The third kappa shape index (κ3) is 4.96. The second-order valence-corrected chi connectivity index (χ2v) is 8.18. The van der Waals surface area contributed by atoms with Gasteiger partial charge < -0.3 is 15.0 Å². The van der Waals surface area contributed by atoms with E-state index in [2.05, 4.69) is 5.32 Å². The molecule has 162 valence electrons. The number of carbonyl (C=O) groups is 2. The molecular formula is C25H20Cl2N2O3. The molecule has 0 saturated carbocycles. The maximum Gasteiger partial charge on any atom is 0.268 e. The highest BCUT2D eigenvalue weighted by Crippen LogP contribution is 2.37. The summed E-state index contributed by atoms with van der Waals surface area (Å²) in [5.74, 6) is 0.105. The summed E-state index contributed by atoms with van der Waals surface area (Å²) in [7, 11) is 0. The van der Waals surface area contributed by atoms with Gasteiger partial charge in [0, 0.05) is 27.9 Å². The van der Waals surface area contributed by atoms with Crippen LogP contribution < -0.4 is 15.0 Å². The first kappa shape index (κ1) is 21.9. The summed E-state index contributed by atoms with van der Waals surface area (Å²) in [4.78, 5) is 26.8. The van der Waals surface area contributed by atoms with Gasteiger partial charge in [0.2, 0.25) is 5.91 Å². The SMILES string of the molecule is CC1Oc2cc(NC(=O)/C=C/c3ccc(Cl)cc3Cl)ccc2N(Cc2ccccc2)C1=O. The molecule has 2 amide bonds. The molecule has 0 fully saturated rings. The summed E-state index contributed by atoms with van der Waals surface area (Å²) in [6.07, 6.45) is 2.39. The number of carbonyl (C=O) groups excluding carboxylic acids is 2. The van der Waals surface area contributed by atoms with Gasteiger partial charge >= 0.3 is 0 Å². The van der Waals surface area contributed by atoms with Crippen LogP contribution in [0, 0.1) is 0 Å². The van der Waals surface area contributed by atoms with Crippen LogP contribution in [0.2, 0.25) is 10.0 Å². The normalized spacial score (nSPS) is 15.4. The minimum atomic E-state index is -0.621. The molecule has 3 aromatic rings. The molecule has 1 aliphatic heterocycles. The van der Waals surface area contributed by atoms with Gasteiger partial charge in [-0.2, -0.15) is 0 Å². The zero-order chi connectivity index (χ0) is 22.7. The lowest BCUT2D eigenvalue weighted by atomic mass is 10.1. The van der Waals surface area contributed by atoms with Gasteiger partial charge in [0.15, 0.2) is 6.10 Å². The summed E-state index contributed by atoms with van der Waals surface area (Å²) in [5.41, 5.74) is 2.92. The van der Waals surface area contributed by atoms with Crippen LogP contribution in [0.3, 0.4) is 0 Å². The van der Waals surface area contributed by atoms with Gasteiger partial charge in [0.1, 0.15) is 5.75 Å². The van der Waals surface area contributed by atoms with Gasteiger partial charge in [-0.25, -0.2) is 0 Å². The average molecular weight is 467 g/mol. The summed E-state index contributed by atoms with van der Waals surface area (Å²) in [5, 5.41) is 3.79. The van der Waals surface area contributed by atoms with Crippen molar-refractivity contribution in [2.45, 2.75) is 19.6 Å². The number of ether oxygens (including phenoxy) is 1. The van der Waals surface area contributed by atoms with E-state index in [1.54, 1.807) is 54.3 Å². The number of hydrogen-bond donors (Lipinski definition) is 1. The Bertz CT molecular complexity index is 1200. The minimum absolute atomic E-state index is 0.110. The van der Waals surface area contributed by atoms with Crippen molar-refractivity contribution >= 4 is 52.5 Å². The number of anilines is 2. The molecule has 0 radical (unpaired) electrons. The standard InChI is InChI=1S/C25H20Cl2N2O3/c1-16-25(31)29(15-17-5-3-2-4-6-17)22-11-10-20(14-23(22)32-16)28-24(30)12-8-18-7-9-19(26)13-21(18)27/h2-14,16H,15H2,1H3,(H,28,30)/b12-8+. The van der Waals surface area contributed by atoms with E-state index in [-0.39, 0.29) is 11.8 Å². The molecule has 0 spiro atoms. The maximum absolute atomic E-state index is 12.7. The van der Waals surface area contributed by atoms with Crippen molar-refractivity contribution < 1.29 is 14.3 Å². The van der Waals surface area contributed by atoms with Crippen molar-refractivity contribution in [1.29, 1.82) is 0 Å². The Morgan fingerprint density at radius 2 is 1.88 bits per heavy atom. The molecule has 1 atom stereocenters. The third-order valence-corrected chi connectivity index (χ3v) is 5.56. The van der Waals surface area contributed by atoms with Crippen molar-refractivity contribution in [2.24, 2.45) is 0 Å². The highest BCUT2D eigenvalue weighted by atomic mass is 35.5. The van der Waals surface area contributed by atoms with Crippen molar-refractivity contribution in [3.05, 3.63) is 94.0 Å². The van der Waals surface area contributed by atoms with Gasteiger partial charge in [-0.05, 0) is 48.4 Å². The lowest BCUT2D eigenvalue weighted by molar-refractivity contribution is -0.125. The average Bonchev–Trinajstić information content (AvgIpc) is 2.77. The smallest absolute Gasteiger partial charge is 0.268 e. The van der Waals surface area contributed by atoms with Crippen LogP contribution in [0.4, 0.5) is 11.4 Å². The van der Waals surface area contributed by atoms with E-state index in [1.165, 1.54) is 6.08 Å². The number of hydrogen-bond acceptors (Lipinski definition) is 3. The Labute approximate surface area is 196 Å². The Balaban J connectivity index is 1.51. The monoisotopic (exact) mass is 466 g/mol. The van der Waals surface area contributed by atoms with Crippen LogP contribution in [-0.4, -0.2) is 17.9 Å². The number of nitrogens with one attached hydrogen (secondary N) is 1. The molecule has 0 saturated heterocycles. The number of fused-ring (bicyclic) bond motifs is 1. The van der Waals surface area contributed by atoms with Crippen molar-refractivity contribution in [1.82, 2.24) is 0 Å². The Morgan fingerprint density at radius 3 is 2.62 bits per heavy atom. The zero-order valence-corrected chi connectivity index (χ0v) is 18.7. The summed E-state index contributed by atoms with van der Waals surface area (Å²) >= 11 is 12.0. The Hall–Kier alpha value is -3.28. The predicted octanol–water partition coefficient (Wildman–Crippen LogP) is 5.96. The molecule has 1 unspecified atom stereocenters. The van der Waals surface area contributed by atoms with E-state index in [0.717, 1.165) is 5.56 Å². The molecule has 0 aromatic heterocycles. The van der Waals surface area contributed by atoms with E-state index in [0.29, 0.717) is 39.3 Å². The van der Waals surface area contributed by atoms with Crippen molar-refractivity contribution in [3.63, 3.8) is 0 Å². The topological polar surface area (TPSA) is 58.6 Å². The van der Waals surface area contributed by atoms with E-state index < -0.39 is 6.10 Å². The highest BCUT2D eigenvalue weighted by molar-refractivity contribution is 6.35. The lowest BCUT2D eigenvalue weighted by Crippen LogP contribution is -2.44. The maximum atomic E-state index is 12.7. The fraction of sp³-hybridized carbons (Fsp3) is 0.120. The highest BCUT2D eigenvalue weighted by Gasteiger charge is 2.31. The van der Waals surface area contributed by atoms with E-state index >= 15 is 0 Å². The predicted molar refractivity (Wildman–Crippen MR) is 128 cm³/mol. The molecule has 5 nitrogen and oxygen atoms in total. The van der Waals surface area contributed by atoms with Crippen LogP contribution in [-0.2, 0) is 16.1 Å². The fourth-order valence-corrected chi connectivity index (χ4v) is 3.87. The van der Waals surface area contributed by atoms with E-state index in [9.17, 15) is 9.59 Å². The molecule has 1 heterocycles. The zero-order valence-electron chi connectivity index (χ0n) is 17.2. The number of rotatable bonds is 5. The van der Waals surface area contributed by atoms with Gasteiger partial charge in [0.25, 0.3) is 5.91 Å². The van der Waals surface area contributed by atoms with Gasteiger partial charge in [0.05, 0.1) is 12.2 Å². The quantitative estimate of drug-likeness (QED) is 0.471. The Kier molecular flexibility index (Phi) is 6.49. The minimum Gasteiger partial charge on any atom is -0.479 e. The molecule has 4 rings (SSSR count). The van der Waals surface area contributed by atoms with Crippen molar-refractivity contribution in [2.75, 3.05) is 10.2 Å². The largest absolute Gasteiger partial charge is 0.479 e. The van der Waals surface area contributed by atoms with Gasteiger partial charge in [-0.1, -0.05) is 59.6 Å². The Morgan fingerprint density at radius 1 is 1.09 bits per heavy atom. The summed E-state index contributed by atoms with van der Waals surface area (Å²) in [6.45, 7) is 2.16.